The first kappa shape index (κ1) is 22.7. The molecule has 1 saturated heterocycles. The molecule has 0 radical (unpaired) electrons. The SMILES string of the molecule is COc1cc(C(=O)N2CCN(c3cccc(Cl)c3)CC2)ccc1OCC(=O)NC(C)C. The lowest BCUT2D eigenvalue weighted by molar-refractivity contribution is -0.123. The Bertz CT molecular complexity index is 927. The Morgan fingerprint density at radius 1 is 1.06 bits per heavy atom. The van der Waals surface area contributed by atoms with Gasteiger partial charge in [-0.2, -0.15) is 0 Å². The molecule has 7 nitrogen and oxygen atoms in total. The summed E-state index contributed by atoms with van der Waals surface area (Å²) >= 11 is 6.09. The van der Waals surface area contributed by atoms with Crippen molar-refractivity contribution in [1.82, 2.24) is 10.2 Å². The predicted molar refractivity (Wildman–Crippen MR) is 121 cm³/mol. The van der Waals surface area contributed by atoms with Gasteiger partial charge in [-0.15, -0.1) is 0 Å². The third-order valence-corrected chi connectivity index (χ3v) is 5.19. The summed E-state index contributed by atoms with van der Waals surface area (Å²) in [6, 6.07) is 12.8. The number of benzene rings is 2. The molecule has 166 valence electrons. The first-order valence-electron chi connectivity index (χ1n) is 10.3. The monoisotopic (exact) mass is 445 g/mol. The fourth-order valence-electron chi connectivity index (χ4n) is 3.45. The van der Waals surface area contributed by atoms with Crippen LogP contribution in [-0.4, -0.2) is 62.7 Å². The molecule has 0 spiro atoms. The highest BCUT2D eigenvalue weighted by Gasteiger charge is 2.23. The highest BCUT2D eigenvalue weighted by molar-refractivity contribution is 6.30. The van der Waals surface area contributed by atoms with Gasteiger partial charge in [0.15, 0.2) is 18.1 Å². The largest absolute Gasteiger partial charge is 0.493 e. The lowest BCUT2D eigenvalue weighted by Crippen LogP contribution is -2.48. The van der Waals surface area contributed by atoms with Gasteiger partial charge in [-0.05, 0) is 50.2 Å². The van der Waals surface area contributed by atoms with Crippen molar-refractivity contribution < 1.29 is 19.1 Å². The molecule has 0 aliphatic carbocycles. The Hall–Kier alpha value is -2.93. The van der Waals surface area contributed by atoms with Crippen molar-refractivity contribution in [3.8, 4) is 11.5 Å². The number of piperazine rings is 1. The van der Waals surface area contributed by atoms with Crippen LogP contribution in [0.5, 0.6) is 11.5 Å². The number of anilines is 1. The minimum absolute atomic E-state index is 0.0392. The molecule has 1 heterocycles. The average Bonchev–Trinajstić information content (AvgIpc) is 2.76. The molecule has 0 atom stereocenters. The van der Waals surface area contributed by atoms with Gasteiger partial charge in [0.25, 0.3) is 11.8 Å². The van der Waals surface area contributed by atoms with E-state index in [1.807, 2.05) is 43.0 Å². The fourth-order valence-corrected chi connectivity index (χ4v) is 3.63. The molecule has 0 aromatic heterocycles. The third-order valence-electron chi connectivity index (χ3n) is 4.96. The summed E-state index contributed by atoms with van der Waals surface area (Å²) in [6.07, 6.45) is 0. The minimum Gasteiger partial charge on any atom is -0.493 e. The number of rotatable bonds is 7. The van der Waals surface area contributed by atoms with E-state index in [2.05, 4.69) is 10.2 Å². The number of methoxy groups -OCH3 is 1. The summed E-state index contributed by atoms with van der Waals surface area (Å²) in [5.74, 6) is 0.562. The van der Waals surface area contributed by atoms with E-state index in [0.29, 0.717) is 35.2 Å². The topological polar surface area (TPSA) is 71.1 Å². The molecule has 2 aromatic carbocycles. The Morgan fingerprint density at radius 3 is 2.45 bits per heavy atom. The lowest BCUT2D eigenvalue weighted by atomic mass is 10.1. The summed E-state index contributed by atoms with van der Waals surface area (Å²) in [5.41, 5.74) is 1.58. The van der Waals surface area contributed by atoms with E-state index in [4.69, 9.17) is 21.1 Å². The number of nitrogens with one attached hydrogen (secondary N) is 1. The zero-order valence-corrected chi connectivity index (χ0v) is 18.8. The van der Waals surface area contributed by atoms with Crippen LogP contribution in [0.25, 0.3) is 0 Å². The van der Waals surface area contributed by atoms with E-state index in [-0.39, 0.29) is 24.5 Å². The standard InChI is InChI=1S/C23H28ClN3O4/c1-16(2)25-22(28)15-31-20-8-7-17(13-21(20)30-3)23(29)27-11-9-26(10-12-27)19-6-4-5-18(24)14-19/h4-8,13-14,16H,9-12,15H2,1-3H3,(H,25,28). The van der Waals surface area contributed by atoms with Crippen molar-refractivity contribution in [3.05, 3.63) is 53.1 Å². The summed E-state index contributed by atoms with van der Waals surface area (Å²) in [6.45, 7) is 6.34. The number of carbonyl (C=O) groups excluding carboxylic acids is 2. The zero-order valence-electron chi connectivity index (χ0n) is 18.1. The first-order valence-corrected chi connectivity index (χ1v) is 10.6. The van der Waals surface area contributed by atoms with Crippen molar-refractivity contribution in [2.75, 3.05) is 44.8 Å². The van der Waals surface area contributed by atoms with E-state index < -0.39 is 0 Å². The van der Waals surface area contributed by atoms with E-state index in [1.54, 1.807) is 18.2 Å². The van der Waals surface area contributed by atoms with Crippen LogP contribution in [0.4, 0.5) is 5.69 Å². The molecule has 1 aliphatic rings. The number of hydrogen-bond donors (Lipinski definition) is 1. The molecule has 1 N–H and O–H groups in total. The van der Waals surface area contributed by atoms with Crippen LogP contribution in [0, 0.1) is 0 Å². The van der Waals surface area contributed by atoms with Crippen LogP contribution in [0.2, 0.25) is 5.02 Å². The Labute approximate surface area is 187 Å². The molecule has 31 heavy (non-hydrogen) atoms. The van der Waals surface area contributed by atoms with Gasteiger partial charge in [-0.3, -0.25) is 9.59 Å². The number of hydrogen-bond acceptors (Lipinski definition) is 5. The highest BCUT2D eigenvalue weighted by atomic mass is 35.5. The quantitative estimate of drug-likeness (QED) is 0.708. The molecule has 1 fully saturated rings. The molecule has 0 bridgehead atoms. The van der Waals surface area contributed by atoms with Crippen molar-refractivity contribution in [2.24, 2.45) is 0 Å². The van der Waals surface area contributed by atoms with Crippen LogP contribution in [-0.2, 0) is 4.79 Å². The first-order chi connectivity index (χ1) is 14.9. The van der Waals surface area contributed by atoms with Crippen molar-refractivity contribution in [1.29, 1.82) is 0 Å². The summed E-state index contributed by atoms with van der Waals surface area (Å²) in [4.78, 5) is 28.8. The summed E-state index contributed by atoms with van der Waals surface area (Å²) in [7, 11) is 1.51. The van der Waals surface area contributed by atoms with E-state index in [1.165, 1.54) is 7.11 Å². The smallest absolute Gasteiger partial charge is 0.258 e. The second-order valence-electron chi connectivity index (χ2n) is 7.64. The van der Waals surface area contributed by atoms with Crippen LogP contribution >= 0.6 is 11.6 Å². The predicted octanol–water partition coefficient (Wildman–Crippen LogP) is 3.21. The number of nitrogens with zero attached hydrogens (tertiary/aromatic N) is 2. The van der Waals surface area contributed by atoms with Gasteiger partial charge < -0.3 is 24.6 Å². The number of ether oxygens (including phenoxy) is 2. The Kier molecular flexibility index (Phi) is 7.63. The van der Waals surface area contributed by atoms with Crippen molar-refractivity contribution >= 4 is 29.1 Å². The Balaban J connectivity index is 1.61. The van der Waals surface area contributed by atoms with Gasteiger partial charge in [0.2, 0.25) is 0 Å². The van der Waals surface area contributed by atoms with E-state index in [9.17, 15) is 9.59 Å². The van der Waals surface area contributed by atoms with E-state index >= 15 is 0 Å². The zero-order chi connectivity index (χ0) is 22.4. The van der Waals surface area contributed by atoms with Crippen molar-refractivity contribution in [2.45, 2.75) is 19.9 Å². The van der Waals surface area contributed by atoms with Gasteiger partial charge >= 0.3 is 0 Å². The molecule has 1 aliphatic heterocycles. The van der Waals surface area contributed by atoms with Gasteiger partial charge in [-0.1, -0.05) is 17.7 Å². The van der Waals surface area contributed by atoms with Crippen molar-refractivity contribution in [3.63, 3.8) is 0 Å². The molecular formula is C23H28ClN3O4. The molecule has 0 saturated carbocycles. The van der Waals surface area contributed by atoms with Gasteiger partial charge in [0, 0.05) is 48.5 Å². The number of amides is 2. The third kappa shape index (κ3) is 6.04. The molecule has 2 amide bonds. The van der Waals surface area contributed by atoms with Crippen LogP contribution < -0.4 is 19.7 Å². The van der Waals surface area contributed by atoms with Crippen LogP contribution in [0.3, 0.4) is 0 Å². The minimum atomic E-state index is -0.213. The van der Waals surface area contributed by atoms with Crippen LogP contribution in [0.1, 0.15) is 24.2 Å². The van der Waals surface area contributed by atoms with E-state index in [0.717, 1.165) is 18.8 Å². The maximum absolute atomic E-state index is 13.0. The number of carbonyl (C=O) groups is 2. The summed E-state index contributed by atoms with van der Waals surface area (Å²) in [5, 5.41) is 3.47. The molecule has 3 rings (SSSR count). The van der Waals surface area contributed by atoms with Crippen LogP contribution in [0.15, 0.2) is 42.5 Å². The lowest BCUT2D eigenvalue weighted by Gasteiger charge is -2.36. The van der Waals surface area contributed by atoms with Gasteiger partial charge in [0.1, 0.15) is 0 Å². The molecule has 2 aromatic rings. The molecular weight excluding hydrogens is 418 g/mol. The maximum Gasteiger partial charge on any atom is 0.258 e. The fraction of sp³-hybridized carbons (Fsp3) is 0.391. The normalized spacial score (nSPS) is 13.8. The maximum atomic E-state index is 13.0. The second kappa shape index (κ2) is 10.4. The summed E-state index contributed by atoms with van der Waals surface area (Å²) < 4.78 is 10.9. The Morgan fingerprint density at radius 2 is 1.81 bits per heavy atom. The molecule has 8 heteroatoms. The second-order valence-corrected chi connectivity index (χ2v) is 8.07. The highest BCUT2D eigenvalue weighted by Crippen LogP contribution is 2.29. The van der Waals surface area contributed by atoms with Gasteiger partial charge in [-0.25, -0.2) is 0 Å². The average molecular weight is 446 g/mol. The number of halogens is 1. The van der Waals surface area contributed by atoms with Gasteiger partial charge in [0.05, 0.1) is 7.11 Å². The molecule has 0 unspecified atom stereocenters.